The summed E-state index contributed by atoms with van der Waals surface area (Å²) in [7, 11) is 0. The molecule has 1 N–H and O–H groups in total. The molecule has 3 fully saturated rings. The van der Waals surface area contributed by atoms with Gasteiger partial charge in [0.15, 0.2) is 0 Å². The maximum Gasteiger partial charge on any atom is 0.0645 e. The monoisotopic (exact) mass is 331 g/mol. The molecule has 3 aliphatic heterocycles. The fourth-order valence-corrected chi connectivity index (χ4v) is 4.55. The number of aliphatic hydroxyl groups is 1. The Bertz CT molecular complexity index is 551. The van der Waals surface area contributed by atoms with Gasteiger partial charge in [-0.15, -0.1) is 0 Å². The number of benzene rings is 1. The number of ether oxygens (including phenoxy) is 1. The zero-order chi connectivity index (χ0) is 16.6. The highest BCUT2D eigenvalue weighted by Gasteiger charge is 2.46. The van der Waals surface area contributed by atoms with E-state index >= 15 is 0 Å². The standard InChI is InChI=1S/C19H29N3O2/c1-19(15-23)14-20(9-16-5-3-2-4-6-16)10-17-11-21(7-8-22(17)19)18-12-24-13-18/h2-6,17-18,23H,7-15H2,1H3. The third kappa shape index (κ3) is 3.11. The van der Waals surface area contributed by atoms with Crippen LogP contribution >= 0.6 is 0 Å². The van der Waals surface area contributed by atoms with Crippen LogP contribution in [-0.4, -0.2) is 90.0 Å². The molecule has 2 atom stereocenters. The largest absolute Gasteiger partial charge is 0.394 e. The molecule has 132 valence electrons. The molecule has 2 unspecified atom stereocenters. The first-order valence-corrected chi connectivity index (χ1v) is 9.14. The second-order valence-electron chi connectivity index (χ2n) is 7.84. The Morgan fingerprint density at radius 1 is 1.12 bits per heavy atom. The summed E-state index contributed by atoms with van der Waals surface area (Å²) < 4.78 is 5.38. The Morgan fingerprint density at radius 3 is 2.58 bits per heavy atom. The van der Waals surface area contributed by atoms with Gasteiger partial charge in [0, 0.05) is 45.3 Å². The molecule has 1 aromatic rings. The predicted molar refractivity (Wildman–Crippen MR) is 93.9 cm³/mol. The molecule has 4 rings (SSSR count). The van der Waals surface area contributed by atoms with Crippen LogP contribution in [0.2, 0.25) is 0 Å². The number of hydrogen-bond donors (Lipinski definition) is 1. The van der Waals surface area contributed by atoms with Crippen LogP contribution in [0.25, 0.3) is 0 Å². The second-order valence-corrected chi connectivity index (χ2v) is 7.84. The highest BCUT2D eigenvalue weighted by molar-refractivity contribution is 5.15. The Kier molecular flexibility index (Phi) is 4.62. The SMILES string of the molecule is CC1(CO)CN(Cc2ccccc2)CC2CN(C3COC3)CCN21. The average Bonchev–Trinajstić information content (AvgIpc) is 2.54. The van der Waals surface area contributed by atoms with Gasteiger partial charge in [-0.1, -0.05) is 30.3 Å². The minimum absolute atomic E-state index is 0.139. The molecule has 0 aliphatic carbocycles. The quantitative estimate of drug-likeness (QED) is 0.877. The summed E-state index contributed by atoms with van der Waals surface area (Å²) in [4.78, 5) is 7.67. The molecule has 0 saturated carbocycles. The van der Waals surface area contributed by atoms with E-state index in [1.54, 1.807) is 0 Å². The van der Waals surface area contributed by atoms with Gasteiger partial charge in [-0.3, -0.25) is 14.7 Å². The molecule has 5 nitrogen and oxygen atoms in total. The highest BCUT2D eigenvalue weighted by Crippen LogP contribution is 2.30. The summed E-state index contributed by atoms with van der Waals surface area (Å²) in [5, 5.41) is 10.1. The molecule has 3 heterocycles. The first-order chi connectivity index (χ1) is 11.7. The van der Waals surface area contributed by atoms with E-state index in [0.29, 0.717) is 12.1 Å². The topological polar surface area (TPSA) is 39.2 Å². The number of aliphatic hydroxyl groups excluding tert-OH is 1. The molecule has 0 spiro atoms. The molecule has 5 heteroatoms. The van der Waals surface area contributed by atoms with Crippen LogP contribution in [0.4, 0.5) is 0 Å². The molecular formula is C19H29N3O2. The number of nitrogens with zero attached hydrogens (tertiary/aromatic N) is 3. The fraction of sp³-hybridized carbons (Fsp3) is 0.684. The molecule has 0 radical (unpaired) electrons. The summed E-state index contributed by atoms with van der Waals surface area (Å²) >= 11 is 0. The van der Waals surface area contributed by atoms with Gasteiger partial charge in [0.1, 0.15) is 0 Å². The van der Waals surface area contributed by atoms with Crippen molar-refractivity contribution in [1.82, 2.24) is 14.7 Å². The Hall–Kier alpha value is -0.980. The van der Waals surface area contributed by atoms with E-state index in [1.807, 2.05) is 0 Å². The lowest BCUT2D eigenvalue weighted by atomic mass is 9.90. The van der Waals surface area contributed by atoms with E-state index in [-0.39, 0.29) is 12.1 Å². The van der Waals surface area contributed by atoms with Gasteiger partial charge in [0.25, 0.3) is 0 Å². The molecule has 1 aromatic carbocycles. The van der Waals surface area contributed by atoms with Crippen molar-refractivity contribution in [2.75, 3.05) is 52.5 Å². The first kappa shape index (κ1) is 16.5. The maximum atomic E-state index is 10.1. The van der Waals surface area contributed by atoms with Crippen LogP contribution in [0, 0.1) is 0 Å². The zero-order valence-electron chi connectivity index (χ0n) is 14.6. The lowest BCUT2D eigenvalue weighted by Crippen LogP contribution is -2.73. The Balaban J connectivity index is 1.48. The third-order valence-electron chi connectivity index (χ3n) is 5.97. The van der Waals surface area contributed by atoms with E-state index in [0.717, 1.165) is 52.5 Å². The molecule has 3 aliphatic rings. The predicted octanol–water partition coefficient (Wildman–Crippen LogP) is 0.638. The van der Waals surface area contributed by atoms with Gasteiger partial charge in [-0.25, -0.2) is 0 Å². The van der Waals surface area contributed by atoms with Crippen molar-refractivity contribution in [2.24, 2.45) is 0 Å². The molecule has 0 amide bonds. The van der Waals surface area contributed by atoms with Crippen LogP contribution in [-0.2, 0) is 11.3 Å². The van der Waals surface area contributed by atoms with Crippen molar-refractivity contribution < 1.29 is 9.84 Å². The van der Waals surface area contributed by atoms with Crippen molar-refractivity contribution in [3.05, 3.63) is 35.9 Å². The van der Waals surface area contributed by atoms with Gasteiger partial charge in [0.2, 0.25) is 0 Å². The molecule has 0 bridgehead atoms. The molecule has 24 heavy (non-hydrogen) atoms. The van der Waals surface area contributed by atoms with Gasteiger partial charge in [0.05, 0.1) is 31.4 Å². The molecule has 0 aromatic heterocycles. The van der Waals surface area contributed by atoms with Crippen LogP contribution in [0.15, 0.2) is 30.3 Å². The summed E-state index contributed by atoms with van der Waals surface area (Å²) in [5.74, 6) is 0. The van der Waals surface area contributed by atoms with E-state index in [4.69, 9.17) is 4.74 Å². The van der Waals surface area contributed by atoms with Gasteiger partial charge in [-0.05, 0) is 12.5 Å². The molecular weight excluding hydrogens is 302 g/mol. The lowest BCUT2D eigenvalue weighted by Gasteiger charge is -2.57. The van der Waals surface area contributed by atoms with E-state index < -0.39 is 0 Å². The average molecular weight is 331 g/mol. The Labute approximate surface area is 144 Å². The van der Waals surface area contributed by atoms with Crippen molar-refractivity contribution in [3.8, 4) is 0 Å². The van der Waals surface area contributed by atoms with Gasteiger partial charge >= 0.3 is 0 Å². The third-order valence-corrected chi connectivity index (χ3v) is 5.97. The fourth-order valence-electron chi connectivity index (χ4n) is 4.55. The summed E-state index contributed by atoms with van der Waals surface area (Å²) in [5.41, 5.74) is 1.21. The van der Waals surface area contributed by atoms with Crippen LogP contribution in [0.5, 0.6) is 0 Å². The lowest BCUT2D eigenvalue weighted by molar-refractivity contribution is -0.130. The number of piperazine rings is 2. The van der Waals surface area contributed by atoms with Crippen molar-refractivity contribution in [2.45, 2.75) is 31.1 Å². The highest BCUT2D eigenvalue weighted by atomic mass is 16.5. The minimum atomic E-state index is -0.139. The Morgan fingerprint density at radius 2 is 1.92 bits per heavy atom. The van der Waals surface area contributed by atoms with Crippen LogP contribution in [0.1, 0.15) is 12.5 Å². The van der Waals surface area contributed by atoms with Crippen LogP contribution < -0.4 is 0 Å². The first-order valence-electron chi connectivity index (χ1n) is 9.14. The van der Waals surface area contributed by atoms with Crippen molar-refractivity contribution in [3.63, 3.8) is 0 Å². The summed E-state index contributed by atoms with van der Waals surface area (Å²) in [6, 6.07) is 11.8. The second kappa shape index (κ2) is 6.73. The van der Waals surface area contributed by atoms with Crippen molar-refractivity contribution in [1.29, 1.82) is 0 Å². The zero-order valence-corrected chi connectivity index (χ0v) is 14.6. The van der Waals surface area contributed by atoms with E-state index in [2.05, 4.69) is 52.0 Å². The normalized spacial score (nSPS) is 33.2. The summed E-state index contributed by atoms with van der Waals surface area (Å²) in [6.45, 7) is 10.4. The number of fused-ring (bicyclic) bond motifs is 1. The summed E-state index contributed by atoms with van der Waals surface area (Å²) in [6.07, 6.45) is 0. The number of rotatable bonds is 4. The smallest absolute Gasteiger partial charge is 0.0645 e. The van der Waals surface area contributed by atoms with E-state index in [9.17, 15) is 5.11 Å². The van der Waals surface area contributed by atoms with Crippen molar-refractivity contribution >= 4 is 0 Å². The van der Waals surface area contributed by atoms with Gasteiger partial charge in [-0.2, -0.15) is 0 Å². The van der Waals surface area contributed by atoms with Gasteiger partial charge < -0.3 is 9.84 Å². The molecule has 3 saturated heterocycles. The van der Waals surface area contributed by atoms with Crippen LogP contribution in [0.3, 0.4) is 0 Å². The number of hydrogen-bond acceptors (Lipinski definition) is 5. The van der Waals surface area contributed by atoms with E-state index in [1.165, 1.54) is 5.56 Å². The minimum Gasteiger partial charge on any atom is -0.394 e. The maximum absolute atomic E-state index is 10.1.